The number of ether oxygens (including phenoxy) is 3. The molecule has 2 rings (SSSR count). The number of aliphatic imine (C=N–C) groups is 1. The van der Waals surface area contributed by atoms with Crippen molar-refractivity contribution in [2.45, 2.75) is 32.8 Å². The summed E-state index contributed by atoms with van der Waals surface area (Å²) < 4.78 is 42.9. The monoisotopic (exact) mass is 434 g/mol. The minimum absolute atomic E-state index is 0.0329. The van der Waals surface area contributed by atoms with Crippen molar-refractivity contribution < 1.29 is 22.6 Å². The van der Waals surface area contributed by atoms with E-state index in [9.17, 15) is 8.42 Å². The van der Waals surface area contributed by atoms with Gasteiger partial charge in [-0.3, -0.25) is 4.99 Å². The first-order valence-corrected chi connectivity index (χ1v) is 12.2. The van der Waals surface area contributed by atoms with Crippen LogP contribution in [0.5, 0.6) is 0 Å². The van der Waals surface area contributed by atoms with E-state index >= 15 is 0 Å². The van der Waals surface area contributed by atoms with Gasteiger partial charge in [0.25, 0.3) is 0 Å². The van der Waals surface area contributed by atoms with E-state index in [-0.39, 0.29) is 18.5 Å². The van der Waals surface area contributed by atoms with Crippen LogP contribution in [-0.4, -0.2) is 108 Å². The third kappa shape index (κ3) is 8.75. The smallest absolute Gasteiger partial charge is 0.216 e. The number of sulfonamides is 1. The average molecular weight is 435 g/mol. The van der Waals surface area contributed by atoms with E-state index in [1.807, 2.05) is 13.8 Å². The van der Waals surface area contributed by atoms with Crippen molar-refractivity contribution >= 4 is 16.0 Å². The molecule has 0 saturated carbocycles. The summed E-state index contributed by atoms with van der Waals surface area (Å²) in [4.78, 5) is 6.44. The number of nitrogens with zero attached hydrogens (tertiary/aromatic N) is 3. The maximum Gasteiger partial charge on any atom is 0.216 e. The first-order valence-electron chi connectivity index (χ1n) is 10.6. The number of piperazine rings is 1. The Morgan fingerprint density at radius 2 is 2.00 bits per heavy atom. The SMILES string of the molecule is CN=C(NCCCOCC1CCOC1)N1CCN(S(=O)(=O)CCOC(C)C)CC1. The molecule has 0 spiro atoms. The van der Waals surface area contributed by atoms with Crippen molar-refractivity contribution in [3.63, 3.8) is 0 Å². The van der Waals surface area contributed by atoms with Crippen LogP contribution >= 0.6 is 0 Å². The maximum atomic E-state index is 12.4. The van der Waals surface area contributed by atoms with Crippen LogP contribution in [0.25, 0.3) is 0 Å². The van der Waals surface area contributed by atoms with Crippen LogP contribution in [0.2, 0.25) is 0 Å². The largest absolute Gasteiger partial charge is 0.381 e. The molecule has 1 unspecified atom stereocenters. The van der Waals surface area contributed by atoms with Gasteiger partial charge in [0, 0.05) is 58.9 Å². The molecule has 2 heterocycles. The van der Waals surface area contributed by atoms with E-state index < -0.39 is 10.0 Å². The predicted octanol–water partition coefficient (Wildman–Crippen LogP) is 0.377. The minimum atomic E-state index is -3.27. The number of guanidine groups is 1. The highest BCUT2D eigenvalue weighted by Crippen LogP contribution is 2.12. The summed E-state index contributed by atoms with van der Waals surface area (Å²) in [7, 11) is -1.52. The summed E-state index contributed by atoms with van der Waals surface area (Å²) in [5.41, 5.74) is 0. The van der Waals surface area contributed by atoms with Gasteiger partial charge in [-0.2, -0.15) is 4.31 Å². The van der Waals surface area contributed by atoms with Gasteiger partial charge in [0.05, 0.1) is 31.7 Å². The van der Waals surface area contributed by atoms with Crippen molar-refractivity contribution in [1.29, 1.82) is 0 Å². The van der Waals surface area contributed by atoms with E-state index in [0.29, 0.717) is 38.7 Å². The van der Waals surface area contributed by atoms with Gasteiger partial charge in [-0.25, -0.2) is 8.42 Å². The summed E-state index contributed by atoms with van der Waals surface area (Å²) in [6.45, 7) is 10.2. The van der Waals surface area contributed by atoms with E-state index in [0.717, 1.165) is 45.2 Å². The Morgan fingerprint density at radius 3 is 2.62 bits per heavy atom. The van der Waals surface area contributed by atoms with E-state index in [1.165, 1.54) is 0 Å². The van der Waals surface area contributed by atoms with Crippen molar-refractivity contribution in [3.8, 4) is 0 Å². The molecule has 1 N–H and O–H groups in total. The van der Waals surface area contributed by atoms with Gasteiger partial charge in [-0.15, -0.1) is 0 Å². The van der Waals surface area contributed by atoms with Gasteiger partial charge in [-0.05, 0) is 26.7 Å². The molecule has 170 valence electrons. The normalized spacial score (nSPS) is 21.9. The first-order chi connectivity index (χ1) is 13.9. The van der Waals surface area contributed by atoms with Crippen molar-refractivity contribution in [2.75, 3.05) is 78.6 Å². The molecular formula is C19H38N4O5S. The van der Waals surface area contributed by atoms with Crippen molar-refractivity contribution in [2.24, 2.45) is 10.9 Å². The first kappa shape index (κ1) is 24.3. The molecule has 0 aromatic heterocycles. The van der Waals surface area contributed by atoms with Crippen LogP contribution in [0.4, 0.5) is 0 Å². The number of nitrogens with one attached hydrogen (secondary N) is 1. The van der Waals surface area contributed by atoms with Crippen LogP contribution in [-0.2, 0) is 24.2 Å². The highest BCUT2D eigenvalue weighted by atomic mass is 32.2. The molecule has 0 aromatic rings. The quantitative estimate of drug-likeness (QED) is 0.285. The highest BCUT2D eigenvalue weighted by Gasteiger charge is 2.27. The third-order valence-corrected chi connectivity index (χ3v) is 6.90. The van der Waals surface area contributed by atoms with Crippen LogP contribution in [0.3, 0.4) is 0 Å². The van der Waals surface area contributed by atoms with Crippen molar-refractivity contribution in [1.82, 2.24) is 14.5 Å². The minimum Gasteiger partial charge on any atom is -0.381 e. The summed E-state index contributed by atoms with van der Waals surface area (Å²) in [5, 5.41) is 3.35. The zero-order valence-corrected chi connectivity index (χ0v) is 19.0. The molecule has 0 bridgehead atoms. The number of rotatable bonds is 11. The lowest BCUT2D eigenvalue weighted by Gasteiger charge is -2.35. The lowest BCUT2D eigenvalue weighted by atomic mass is 10.1. The Hall–Kier alpha value is -0.940. The van der Waals surface area contributed by atoms with E-state index in [2.05, 4.69) is 15.2 Å². The van der Waals surface area contributed by atoms with Gasteiger partial charge in [0.15, 0.2) is 5.96 Å². The molecule has 0 aliphatic carbocycles. The lowest BCUT2D eigenvalue weighted by molar-refractivity contribution is 0.0886. The average Bonchev–Trinajstić information content (AvgIpc) is 3.21. The van der Waals surface area contributed by atoms with Crippen LogP contribution < -0.4 is 5.32 Å². The summed E-state index contributed by atoms with van der Waals surface area (Å²) in [6, 6.07) is 0. The zero-order valence-electron chi connectivity index (χ0n) is 18.1. The highest BCUT2D eigenvalue weighted by molar-refractivity contribution is 7.89. The predicted molar refractivity (Wildman–Crippen MR) is 114 cm³/mol. The zero-order chi connectivity index (χ0) is 21.1. The maximum absolute atomic E-state index is 12.4. The molecule has 0 radical (unpaired) electrons. The third-order valence-electron chi connectivity index (χ3n) is 5.06. The number of hydrogen-bond donors (Lipinski definition) is 1. The van der Waals surface area contributed by atoms with Gasteiger partial charge in [0.1, 0.15) is 0 Å². The van der Waals surface area contributed by atoms with Crippen LogP contribution in [0, 0.1) is 5.92 Å². The van der Waals surface area contributed by atoms with Crippen LogP contribution in [0.1, 0.15) is 26.7 Å². The fourth-order valence-electron chi connectivity index (χ4n) is 3.37. The Kier molecular flexibility index (Phi) is 10.6. The fourth-order valence-corrected chi connectivity index (χ4v) is 4.65. The Balaban J connectivity index is 1.62. The second-order valence-electron chi connectivity index (χ2n) is 7.75. The molecule has 1 atom stereocenters. The Labute approximate surface area is 175 Å². The molecule has 9 nitrogen and oxygen atoms in total. The molecule has 2 saturated heterocycles. The Bertz CT molecular complexity index is 585. The second kappa shape index (κ2) is 12.7. The van der Waals surface area contributed by atoms with Crippen molar-refractivity contribution in [3.05, 3.63) is 0 Å². The van der Waals surface area contributed by atoms with Gasteiger partial charge in [-0.1, -0.05) is 0 Å². The fraction of sp³-hybridized carbons (Fsp3) is 0.947. The molecule has 2 aliphatic rings. The van der Waals surface area contributed by atoms with Gasteiger partial charge < -0.3 is 24.4 Å². The molecular weight excluding hydrogens is 396 g/mol. The second-order valence-corrected chi connectivity index (χ2v) is 9.84. The summed E-state index contributed by atoms with van der Waals surface area (Å²) >= 11 is 0. The number of hydrogen-bond acceptors (Lipinski definition) is 6. The molecule has 0 amide bonds. The topological polar surface area (TPSA) is 92.7 Å². The molecule has 2 aliphatic heterocycles. The van der Waals surface area contributed by atoms with Crippen LogP contribution in [0.15, 0.2) is 4.99 Å². The van der Waals surface area contributed by atoms with E-state index in [4.69, 9.17) is 14.2 Å². The Morgan fingerprint density at radius 1 is 1.24 bits per heavy atom. The standard InChI is InChI=1S/C19H38N4O5S/c1-17(2)28-13-14-29(24,25)23-9-7-22(8-10-23)19(20-3)21-6-4-11-26-15-18-5-12-27-16-18/h17-18H,4-16H2,1-3H3,(H,20,21). The van der Waals surface area contributed by atoms with Gasteiger partial charge in [0.2, 0.25) is 10.0 Å². The molecule has 2 fully saturated rings. The lowest BCUT2D eigenvalue weighted by Crippen LogP contribution is -2.54. The molecule has 0 aromatic carbocycles. The van der Waals surface area contributed by atoms with Gasteiger partial charge >= 0.3 is 0 Å². The summed E-state index contributed by atoms with van der Waals surface area (Å²) in [5.74, 6) is 1.39. The molecule has 10 heteroatoms. The molecule has 29 heavy (non-hydrogen) atoms. The van der Waals surface area contributed by atoms with E-state index in [1.54, 1.807) is 11.4 Å². The summed E-state index contributed by atoms with van der Waals surface area (Å²) in [6.07, 6.45) is 2.03.